The standard InChI is InChI=1S/C35H39N3O9/c1-4-33(42)47-34-29(45-2)17-22(18-30(34)46-3)9-5-8-12-31(39)36-14-16-38-15-13-23(19-28(38)25(35(43)44)20-32(40)41)26-21-37-27-11-7-6-10-24(26)27/h5-12,17-18,20-21,23,28,37H,4,13-16,19H2,1-3H3,(H,36,39)(H,40,41)(H,43,44)/b9-5+,12-8+,25-20-. The summed E-state index contributed by atoms with van der Waals surface area (Å²) in [7, 11) is 2.91. The Balaban J connectivity index is 1.39. The third-order valence-electron chi connectivity index (χ3n) is 7.99. The van der Waals surface area contributed by atoms with E-state index in [4.69, 9.17) is 14.2 Å². The van der Waals surface area contributed by atoms with Gasteiger partial charge in [0.15, 0.2) is 11.5 Å². The fraction of sp³-hybridized carbons (Fsp3) is 0.314. The molecule has 1 saturated heterocycles. The zero-order valence-electron chi connectivity index (χ0n) is 26.5. The lowest BCUT2D eigenvalue weighted by molar-refractivity contribution is -0.136. The number of amides is 1. The highest BCUT2D eigenvalue weighted by Crippen LogP contribution is 2.40. The normalized spacial score (nSPS) is 17.2. The molecule has 0 spiro atoms. The zero-order valence-corrected chi connectivity index (χ0v) is 26.5. The second-order valence-electron chi connectivity index (χ2n) is 10.9. The summed E-state index contributed by atoms with van der Waals surface area (Å²) in [4.78, 5) is 53.2. The number of hydrogen-bond donors (Lipinski definition) is 4. The maximum atomic E-state index is 12.5. The Labute approximate surface area is 272 Å². The van der Waals surface area contributed by atoms with E-state index in [1.54, 1.807) is 37.3 Å². The van der Waals surface area contributed by atoms with Crippen LogP contribution in [0.15, 0.2) is 72.5 Å². The van der Waals surface area contributed by atoms with Gasteiger partial charge in [-0.1, -0.05) is 43.4 Å². The van der Waals surface area contributed by atoms with Gasteiger partial charge in [0.05, 0.1) is 19.8 Å². The van der Waals surface area contributed by atoms with Crippen molar-refractivity contribution in [2.24, 2.45) is 0 Å². The molecule has 1 amide bonds. The Hall–Kier alpha value is -5.36. The molecule has 248 valence electrons. The topological polar surface area (TPSA) is 167 Å². The second-order valence-corrected chi connectivity index (χ2v) is 10.9. The number of fused-ring (bicyclic) bond motifs is 1. The Kier molecular flexibility index (Phi) is 12.0. The third-order valence-corrected chi connectivity index (χ3v) is 7.99. The molecule has 47 heavy (non-hydrogen) atoms. The second kappa shape index (κ2) is 16.3. The highest BCUT2D eigenvalue weighted by Gasteiger charge is 2.35. The molecule has 0 aliphatic carbocycles. The van der Waals surface area contributed by atoms with Crippen LogP contribution in [0, 0.1) is 0 Å². The predicted octanol–water partition coefficient (Wildman–Crippen LogP) is 4.53. The molecular weight excluding hydrogens is 606 g/mol. The zero-order chi connectivity index (χ0) is 33.9. The molecule has 1 aromatic heterocycles. The third kappa shape index (κ3) is 8.88. The summed E-state index contributed by atoms with van der Waals surface area (Å²) in [6.07, 6.45) is 10.4. The molecule has 2 aromatic carbocycles. The van der Waals surface area contributed by atoms with Crippen LogP contribution in [0.4, 0.5) is 0 Å². The largest absolute Gasteiger partial charge is 0.493 e. The van der Waals surface area contributed by atoms with E-state index in [0.717, 1.165) is 29.0 Å². The lowest BCUT2D eigenvalue weighted by Crippen LogP contribution is -2.47. The molecule has 0 saturated carbocycles. The van der Waals surface area contributed by atoms with Gasteiger partial charge in [-0.2, -0.15) is 0 Å². The molecule has 1 fully saturated rings. The lowest BCUT2D eigenvalue weighted by atomic mass is 9.82. The minimum absolute atomic E-state index is 0.0238. The summed E-state index contributed by atoms with van der Waals surface area (Å²) in [5.74, 6) is -2.53. The number of carbonyl (C=O) groups excluding carboxylic acids is 2. The van der Waals surface area contributed by atoms with E-state index in [2.05, 4.69) is 10.3 Å². The summed E-state index contributed by atoms with van der Waals surface area (Å²) < 4.78 is 16.1. The number of nitrogens with zero attached hydrogens (tertiary/aromatic N) is 1. The minimum atomic E-state index is -1.32. The van der Waals surface area contributed by atoms with Crippen LogP contribution in [0.5, 0.6) is 17.2 Å². The molecule has 1 aliphatic heterocycles. The number of esters is 1. The van der Waals surface area contributed by atoms with Gasteiger partial charge in [0.1, 0.15) is 0 Å². The number of aromatic nitrogens is 1. The number of aliphatic carboxylic acids is 2. The molecule has 0 bridgehead atoms. The number of carbonyl (C=O) groups is 4. The summed E-state index contributed by atoms with van der Waals surface area (Å²) in [6.45, 7) is 2.77. The van der Waals surface area contributed by atoms with Crippen LogP contribution in [0.3, 0.4) is 0 Å². The minimum Gasteiger partial charge on any atom is -0.493 e. The number of para-hydroxylation sites is 1. The highest BCUT2D eigenvalue weighted by molar-refractivity contribution is 5.96. The first-order valence-electron chi connectivity index (χ1n) is 15.2. The number of likely N-dealkylation sites (tertiary alicyclic amines) is 1. The number of nitrogens with one attached hydrogen (secondary N) is 2. The van der Waals surface area contributed by atoms with E-state index in [0.29, 0.717) is 36.6 Å². The molecule has 2 unspecified atom stereocenters. The Morgan fingerprint density at radius 2 is 1.79 bits per heavy atom. The number of rotatable bonds is 14. The van der Waals surface area contributed by atoms with Crippen molar-refractivity contribution in [3.05, 3.63) is 83.6 Å². The van der Waals surface area contributed by atoms with Gasteiger partial charge >= 0.3 is 17.9 Å². The number of methoxy groups -OCH3 is 2. The van der Waals surface area contributed by atoms with Crippen molar-refractivity contribution in [2.45, 2.75) is 38.1 Å². The first kappa shape index (κ1) is 34.5. The van der Waals surface area contributed by atoms with Crippen LogP contribution < -0.4 is 19.5 Å². The number of carboxylic acids is 2. The molecule has 4 rings (SSSR count). The number of benzene rings is 2. The quantitative estimate of drug-likeness (QED) is 0.0846. The van der Waals surface area contributed by atoms with E-state index < -0.39 is 23.9 Å². The number of aromatic amines is 1. The molecule has 2 heterocycles. The SMILES string of the molecule is CCC(=O)Oc1c(OC)cc(/C=C/C=C/C(=O)NCCN2CCC(c3c[nH]c4ccccc34)CC2/C(=C/C(=O)O)C(=O)O)cc1OC. The first-order valence-corrected chi connectivity index (χ1v) is 15.2. The fourth-order valence-electron chi connectivity index (χ4n) is 5.73. The van der Waals surface area contributed by atoms with Crippen LogP contribution in [-0.2, 0) is 19.2 Å². The van der Waals surface area contributed by atoms with Gasteiger partial charge in [-0.05, 0) is 54.6 Å². The van der Waals surface area contributed by atoms with Gasteiger partial charge in [-0.15, -0.1) is 0 Å². The van der Waals surface area contributed by atoms with E-state index in [1.165, 1.54) is 20.3 Å². The van der Waals surface area contributed by atoms with Gasteiger partial charge in [0, 0.05) is 54.8 Å². The van der Waals surface area contributed by atoms with Crippen LogP contribution in [-0.4, -0.2) is 83.8 Å². The van der Waals surface area contributed by atoms with Crippen LogP contribution in [0.1, 0.15) is 43.2 Å². The predicted molar refractivity (Wildman–Crippen MR) is 176 cm³/mol. The van der Waals surface area contributed by atoms with Crippen LogP contribution in [0.2, 0.25) is 0 Å². The number of piperidine rings is 1. The molecule has 12 nitrogen and oxygen atoms in total. The van der Waals surface area contributed by atoms with E-state index in [1.807, 2.05) is 35.4 Å². The monoisotopic (exact) mass is 645 g/mol. The first-order chi connectivity index (χ1) is 22.6. The van der Waals surface area contributed by atoms with Gasteiger partial charge in [0.25, 0.3) is 0 Å². The molecule has 4 N–H and O–H groups in total. The molecule has 12 heteroatoms. The molecule has 2 atom stereocenters. The van der Waals surface area contributed by atoms with E-state index in [-0.39, 0.29) is 36.1 Å². The molecule has 1 aliphatic rings. The summed E-state index contributed by atoms with van der Waals surface area (Å²) in [5, 5.41) is 23.2. The maximum absolute atomic E-state index is 12.5. The van der Waals surface area contributed by atoms with Gasteiger partial charge in [-0.3, -0.25) is 14.5 Å². The molecule has 3 aromatic rings. The average Bonchev–Trinajstić information content (AvgIpc) is 3.50. The van der Waals surface area contributed by atoms with Crippen LogP contribution >= 0.6 is 0 Å². The molecule has 0 radical (unpaired) electrons. The Morgan fingerprint density at radius 1 is 1.06 bits per heavy atom. The average molecular weight is 646 g/mol. The number of H-pyrrole nitrogens is 1. The number of hydrogen-bond acceptors (Lipinski definition) is 8. The van der Waals surface area contributed by atoms with Gasteiger partial charge in [-0.25, -0.2) is 9.59 Å². The van der Waals surface area contributed by atoms with Gasteiger partial charge < -0.3 is 34.7 Å². The summed E-state index contributed by atoms with van der Waals surface area (Å²) in [5.41, 5.74) is 2.55. The van der Waals surface area contributed by atoms with Crippen molar-refractivity contribution < 1.29 is 43.6 Å². The van der Waals surface area contributed by atoms with Crippen molar-refractivity contribution in [1.29, 1.82) is 0 Å². The highest BCUT2D eigenvalue weighted by atomic mass is 16.6. The van der Waals surface area contributed by atoms with E-state index in [9.17, 15) is 29.4 Å². The lowest BCUT2D eigenvalue weighted by Gasteiger charge is -2.39. The fourth-order valence-corrected chi connectivity index (χ4v) is 5.73. The molecular formula is C35H39N3O9. The summed E-state index contributed by atoms with van der Waals surface area (Å²) >= 11 is 0. The van der Waals surface area contributed by atoms with E-state index >= 15 is 0 Å². The van der Waals surface area contributed by atoms with Crippen molar-refractivity contribution in [1.82, 2.24) is 15.2 Å². The van der Waals surface area contributed by atoms with Crippen molar-refractivity contribution in [3.8, 4) is 17.2 Å². The van der Waals surface area contributed by atoms with Crippen LogP contribution in [0.25, 0.3) is 17.0 Å². The smallest absolute Gasteiger partial charge is 0.333 e. The number of allylic oxidation sites excluding steroid dienone is 2. The summed E-state index contributed by atoms with van der Waals surface area (Å²) in [6, 6.07) is 10.6. The Bertz CT molecular complexity index is 1680. The number of carboxylic acid groups (broad SMARTS) is 2. The maximum Gasteiger partial charge on any atom is 0.333 e. The van der Waals surface area contributed by atoms with Crippen molar-refractivity contribution in [2.75, 3.05) is 33.9 Å². The van der Waals surface area contributed by atoms with Gasteiger partial charge in [0.2, 0.25) is 11.7 Å². The Morgan fingerprint density at radius 3 is 2.45 bits per heavy atom. The number of ether oxygens (including phenoxy) is 3. The van der Waals surface area contributed by atoms with Crippen molar-refractivity contribution >= 4 is 40.8 Å². The van der Waals surface area contributed by atoms with Crippen molar-refractivity contribution in [3.63, 3.8) is 0 Å².